The summed E-state index contributed by atoms with van der Waals surface area (Å²) in [5.41, 5.74) is 2.73. The number of rotatable bonds is 2. The first-order valence-electron chi connectivity index (χ1n) is 8.41. The summed E-state index contributed by atoms with van der Waals surface area (Å²) in [7, 11) is 0. The Morgan fingerprint density at radius 3 is 2.86 bits per heavy atom. The van der Waals surface area contributed by atoms with Gasteiger partial charge in [-0.05, 0) is 23.8 Å². The molecule has 0 radical (unpaired) electrons. The maximum Gasteiger partial charge on any atom is 0.244 e. The van der Waals surface area contributed by atoms with E-state index in [1.54, 1.807) is 30.6 Å². The van der Waals surface area contributed by atoms with Crippen molar-refractivity contribution in [3.63, 3.8) is 0 Å². The Morgan fingerprint density at radius 1 is 1.29 bits per heavy atom. The highest BCUT2D eigenvalue weighted by atomic mass is 35.5. The maximum atomic E-state index is 9.79. The third-order valence-electron chi connectivity index (χ3n) is 4.82. The van der Waals surface area contributed by atoms with Gasteiger partial charge in [0.15, 0.2) is 11.5 Å². The van der Waals surface area contributed by atoms with Gasteiger partial charge in [-0.3, -0.25) is 15.5 Å². The fourth-order valence-electron chi connectivity index (χ4n) is 3.56. The van der Waals surface area contributed by atoms with Gasteiger partial charge in [0.1, 0.15) is 5.92 Å². The third kappa shape index (κ3) is 2.41. The van der Waals surface area contributed by atoms with Gasteiger partial charge < -0.3 is 14.2 Å². The van der Waals surface area contributed by atoms with Gasteiger partial charge in [-0.25, -0.2) is 0 Å². The van der Waals surface area contributed by atoms with Gasteiger partial charge in [-0.15, -0.1) is 5.10 Å². The van der Waals surface area contributed by atoms with Gasteiger partial charge in [0.25, 0.3) is 0 Å². The third-order valence-corrected chi connectivity index (χ3v) is 5.15. The normalized spacial score (nSPS) is 19.6. The number of aromatic nitrogens is 3. The summed E-state index contributed by atoms with van der Waals surface area (Å²) in [6.07, 6.45) is 3.36. The average molecular weight is 394 g/mol. The molecule has 0 fully saturated rings. The molecular weight excluding hydrogens is 382 g/mol. The number of nitrogens with one attached hydrogen (secondary N) is 2. The molecule has 5 rings (SSSR count). The molecule has 2 aliphatic rings. The van der Waals surface area contributed by atoms with E-state index >= 15 is 0 Å². The zero-order chi connectivity index (χ0) is 19.3. The molecular formula is C19H12ClN5O3. The van der Waals surface area contributed by atoms with Crippen molar-refractivity contribution in [1.29, 1.82) is 10.7 Å². The molecule has 9 heteroatoms. The zero-order valence-electron chi connectivity index (χ0n) is 14.3. The fourth-order valence-corrected chi connectivity index (χ4v) is 3.83. The number of pyridine rings is 1. The summed E-state index contributed by atoms with van der Waals surface area (Å²) in [6.45, 7) is 0.109. The Labute approximate surface area is 164 Å². The van der Waals surface area contributed by atoms with E-state index < -0.39 is 11.8 Å². The number of ether oxygens (including phenoxy) is 3. The van der Waals surface area contributed by atoms with Gasteiger partial charge in [0.2, 0.25) is 18.6 Å². The molecule has 0 saturated heterocycles. The largest absolute Gasteiger partial charge is 0.454 e. The molecule has 2 atom stereocenters. The van der Waals surface area contributed by atoms with E-state index in [2.05, 4.69) is 21.3 Å². The standard InChI is InChI=1S/C19H12ClN5O3/c20-12-5-14-13(26-8-27-14)4-10(12)15-11(6-21)18(22)28-19-16(15)17(24-25-19)9-2-1-3-23-7-9/h1-5,7,11,15,22H,8H2,(H,24,25). The van der Waals surface area contributed by atoms with Crippen molar-refractivity contribution < 1.29 is 14.2 Å². The highest BCUT2D eigenvalue weighted by molar-refractivity contribution is 6.31. The van der Waals surface area contributed by atoms with Crippen molar-refractivity contribution in [3.05, 3.63) is 52.8 Å². The highest BCUT2D eigenvalue weighted by Gasteiger charge is 2.42. The van der Waals surface area contributed by atoms with E-state index in [1.807, 2.05) is 6.07 Å². The Kier molecular flexibility index (Phi) is 3.70. The van der Waals surface area contributed by atoms with Crippen molar-refractivity contribution in [2.45, 2.75) is 5.92 Å². The monoisotopic (exact) mass is 393 g/mol. The van der Waals surface area contributed by atoms with E-state index in [9.17, 15) is 5.26 Å². The van der Waals surface area contributed by atoms with E-state index in [-0.39, 0.29) is 18.6 Å². The lowest BCUT2D eigenvalue weighted by molar-refractivity contribution is 0.174. The average Bonchev–Trinajstić information content (AvgIpc) is 3.33. The number of hydrogen-bond acceptors (Lipinski definition) is 7. The Balaban J connectivity index is 1.75. The lowest BCUT2D eigenvalue weighted by Crippen LogP contribution is -2.31. The van der Waals surface area contributed by atoms with Crippen LogP contribution in [0.2, 0.25) is 5.02 Å². The van der Waals surface area contributed by atoms with Crippen LogP contribution in [0.1, 0.15) is 17.0 Å². The van der Waals surface area contributed by atoms with Crippen LogP contribution in [-0.2, 0) is 0 Å². The van der Waals surface area contributed by atoms with E-state index in [1.165, 1.54) is 0 Å². The summed E-state index contributed by atoms with van der Waals surface area (Å²) in [6, 6.07) is 9.26. The van der Waals surface area contributed by atoms with Gasteiger partial charge >= 0.3 is 0 Å². The van der Waals surface area contributed by atoms with Gasteiger partial charge in [-0.2, -0.15) is 5.26 Å². The molecule has 8 nitrogen and oxygen atoms in total. The second-order valence-electron chi connectivity index (χ2n) is 6.34. The van der Waals surface area contributed by atoms with Crippen LogP contribution in [0.3, 0.4) is 0 Å². The molecule has 0 aliphatic carbocycles. The number of hydrogen-bond donors (Lipinski definition) is 2. The number of nitriles is 1. The SMILES string of the molecule is N#CC1C(=N)Oc2n[nH]c(-c3cccnc3)c2C1c1cc2c(cc1Cl)OCO2. The molecule has 2 aliphatic heterocycles. The molecule has 0 spiro atoms. The predicted molar refractivity (Wildman–Crippen MR) is 98.7 cm³/mol. The molecule has 1 aromatic carbocycles. The number of H-pyrrole nitrogens is 1. The molecule has 0 saturated carbocycles. The molecule has 4 heterocycles. The van der Waals surface area contributed by atoms with E-state index in [0.717, 1.165) is 5.56 Å². The first-order chi connectivity index (χ1) is 13.7. The fraction of sp³-hybridized carbons (Fsp3) is 0.158. The molecule has 2 aromatic heterocycles. The van der Waals surface area contributed by atoms with Crippen LogP contribution in [0.4, 0.5) is 0 Å². The Morgan fingerprint density at radius 2 is 2.11 bits per heavy atom. The van der Waals surface area contributed by atoms with Crippen molar-refractivity contribution in [2.75, 3.05) is 6.79 Å². The molecule has 0 amide bonds. The van der Waals surface area contributed by atoms with Crippen LogP contribution >= 0.6 is 11.6 Å². The van der Waals surface area contributed by atoms with Crippen molar-refractivity contribution >= 4 is 17.5 Å². The van der Waals surface area contributed by atoms with Crippen LogP contribution in [0.15, 0.2) is 36.7 Å². The zero-order valence-corrected chi connectivity index (χ0v) is 15.0. The minimum absolute atomic E-state index is 0.109. The summed E-state index contributed by atoms with van der Waals surface area (Å²) in [5, 5.41) is 25.5. The minimum Gasteiger partial charge on any atom is -0.454 e. The van der Waals surface area contributed by atoms with Gasteiger partial charge in [-0.1, -0.05) is 11.6 Å². The van der Waals surface area contributed by atoms with E-state index in [4.69, 9.17) is 31.2 Å². The van der Waals surface area contributed by atoms with Gasteiger partial charge in [0, 0.05) is 35.0 Å². The number of fused-ring (bicyclic) bond motifs is 2. The number of aromatic amines is 1. The molecule has 0 bridgehead atoms. The molecule has 2 N–H and O–H groups in total. The molecule has 3 aromatic rings. The van der Waals surface area contributed by atoms with E-state index in [0.29, 0.717) is 33.3 Å². The molecule has 2 unspecified atom stereocenters. The summed E-state index contributed by atoms with van der Waals surface area (Å²) < 4.78 is 16.4. The van der Waals surface area contributed by atoms with Gasteiger partial charge in [0.05, 0.1) is 17.3 Å². The smallest absolute Gasteiger partial charge is 0.244 e. The highest BCUT2D eigenvalue weighted by Crippen LogP contribution is 2.49. The first-order valence-corrected chi connectivity index (χ1v) is 8.78. The summed E-state index contributed by atoms with van der Waals surface area (Å²) >= 11 is 6.54. The second kappa shape index (κ2) is 6.25. The van der Waals surface area contributed by atoms with Crippen LogP contribution in [0, 0.1) is 22.7 Å². The van der Waals surface area contributed by atoms with Crippen molar-refractivity contribution in [1.82, 2.24) is 15.2 Å². The van der Waals surface area contributed by atoms with Crippen LogP contribution in [0.5, 0.6) is 17.4 Å². The van der Waals surface area contributed by atoms with Crippen LogP contribution in [-0.4, -0.2) is 27.9 Å². The number of nitrogens with zero attached hydrogens (tertiary/aromatic N) is 3. The molecule has 138 valence electrons. The van der Waals surface area contributed by atoms with Crippen molar-refractivity contribution in [2.24, 2.45) is 5.92 Å². The number of benzene rings is 1. The maximum absolute atomic E-state index is 9.79. The topological polar surface area (TPSA) is 117 Å². The van der Waals surface area contributed by atoms with Crippen LogP contribution < -0.4 is 14.2 Å². The predicted octanol–water partition coefficient (Wildman–Crippen LogP) is 3.50. The van der Waals surface area contributed by atoms with Crippen molar-refractivity contribution in [3.8, 4) is 34.7 Å². The first kappa shape index (κ1) is 16.6. The second-order valence-corrected chi connectivity index (χ2v) is 6.74. The summed E-state index contributed by atoms with van der Waals surface area (Å²) in [4.78, 5) is 4.15. The molecule has 28 heavy (non-hydrogen) atoms. The quantitative estimate of drug-likeness (QED) is 0.688. The number of halogens is 1. The Bertz CT molecular complexity index is 1140. The van der Waals surface area contributed by atoms with Crippen LogP contribution in [0.25, 0.3) is 11.3 Å². The summed E-state index contributed by atoms with van der Waals surface area (Å²) in [5.74, 6) is -0.297. The lowest BCUT2D eigenvalue weighted by Gasteiger charge is -2.28. The lowest BCUT2D eigenvalue weighted by atomic mass is 9.78. The minimum atomic E-state index is -0.876. The Hall–Kier alpha value is -3.57.